The zero-order valence-electron chi connectivity index (χ0n) is 10.3. The van der Waals surface area contributed by atoms with Crippen molar-refractivity contribution in [1.29, 1.82) is 0 Å². The van der Waals surface area contributed by atoms with Crippen LogP contribution in [0.25, 0.3) is 0 Å². The van der Waals surface area contributed by atoms with Gasteiger partial charge in [0.1, 0.15) is 0 Å². The lowest BCUT2D eigenvalue weighted by Crippen LogP contribution is -2.31. The van der Waals surface area contributed by atoms with Crippen molar-refractivity contribution in [2.45, 2.75) is 39.8 Å². The van der Waals surface area contributed by atoms with Gasteiger partial charge in [-0.2, -0.15) is 0 Å². The van der Waals surface area contributed by atoms with Crippen LogP contribution in [0.3, 0.4) is 0 Å². The Morgan fingerprint density at radius 1 is 1.38 bits per heavy atom. The van der Waals surface area contributed by atoms with Crippen LogP contribution in [0.4, 0.5) is 5.69 Å². The summed E-state index contributed by atoms with van der Waals surface area (Å²) in [5.41, 5.74) is 7.84. The van der Waals surface area contributed by atoms with Crippen molar-refractivity contribution in [1.82, 2.24) is 4.90 Å². The molecule has 0 atom stereocenters. The van der Waals surface area contributed by atoms with Gasteiger partial charge in [0.2, 0.25) is 0 Å². The molecule has 2 nitrogen and oxygen atoms in total. The average molecular weight is 285 g/mol. The second-order valence-corrected chi connectivity index (χ2v) is 5.27. The van der Waals surface area contributed by atoms with Crippen LogP contribution in [0.5, 0.6) is 0 Å². The molecule has 0 fully saturated rings. The number of nitrogen functional groups attached to an aromatic ring is 1. The van der Waals surface area contributed by atoms with Crippen LogP contribution < -0.4 is 5.73 Å². The molecule has 0 unspecified atom stereocenters. The Hall–Kier alpha value is -0.540. The molecule has 2 N–H and O–H groups in total. The monoisotopic (exact) mass is 284 g/mol. The first-order chi connectivity index (χ1) is 7.54. The summed E-state index contributed by atoms with van der Waals surface area (Å²) in [5, 5.41) is 0. The number of nitrogens with zero attached hydrogens (tertiary/aromatic N) is 1. The van der Waals surface area contributed by atoms with Gasteiger partial charge in [-0.15, -0.1) is 0 Å². The molecule has 0 aliphatic rings. The molecule has 0 aromatic heterocycles. The number of halogens is 1. The Kier molecular flexibility index (Phi) is 5.29. The lowest BCUT2D eigenvalue weighted by Gasteiger charge is -2.26. The molecule has 3 heteroatoms. The number of hydrogen-bond donors (Lipinski definition) is 1. The first-order valence-corrected chi connectivity index (χ1v) is 6.61. The van der Waals surface area contributed by atoms with Crippen molar-refractivity contribution in [2.75, 3.05) is 12.3 Å². The SMILES string of the molecule is CCCN(Cc1ccc(N)cc1Br)C(C)C. The minimum absolute atomic E-state index is 0.574. The normalized spacial score (nSPS) is 11.4. The van der Waals surface area contributed by atoms with E-state index in [4.69, 9.17) is 5.73 Å². The summed E-state index contributed by atoms with van der Waals surface area (Å²) in [6.45, 7) is 8.80. The molecule has 1 rings (SSSR count). The van der Waals surface area contributed by atoms with Crippen molar-refractivity contribution in [3.8, 4) is 0 Å². The maximum absolute atomic E-state index is 5.73. The summed E-state index contributed by atoms with van der Waals surface area (Å²) in [5.74, 6) is 0. The van der Waals surface area contributed by atoms with Gasteiger partial charge in [-0.3, -0.25) is 4.90 Å². The molecule has 0 radical (unpaired) electrons. The van der Waals surface area contributed by atoms with Gasteiger partial charge in [0, 0.05) is 22.7 Å². The predicted octanol–water partition coefficient (Wildman–Crippen LogP) is 3.65. The Balaban J connectivity index is 2.77. The van der Waals surface area contributed by atoms with Gasteiger partial charge in [-0.1, -0.05) is 28.9 Å². The molecule has 0 aliphatic carbocycles. The van der Waals surface area contributed by atoms with E-state index in [1.807, 2.05) is 12.1 Å². The van der Waals surface area contributed by atoms with Crippen molar-refractivity contribution >= 4 is 21.6 Å². The van der Waals surface area contributed by atoms with E-state index in [1.54, 1.807) is 0 Å². The van der Waals surface area contributed by atoms with Gasteiger partial charge < -0.3 is 5.73 Å². The molecule has 0 saturated carbocycles. The third-order valence-electron chi connectivity index (χ3n) is 2.69. The zero-order chi connectivity index (χ0) is 12.1. The van der Waals surface area contributed by atoms with Crippen LogP contribution in [0.2, 0.25) is 0 Å². The van der Waals surface area contributed by atoms with Crippen LogP contribution >= 0.6 is 15.9 Å². The van der Waals surface area contributed by atoms with E-state index in [-0.39, 0.29) is 0 Å². The van der Waals surface area contributed by atoms with Crippen LogP contribution in [-0.4, -0.2) is 17.5 Å². The molecule has 0 spiro atoms. The first-order valence-electron chi connectivity index (χ1n) is 5.82. The van der Waals surface area contributed by atoms with Crippen molar-refractivity contribution in [3.63, 3.8) is 0 Å². The fourth-order valence-corrected chi connectivity index (χ4v) is 2.24. The highest BCUT2D eigenvalue weighted by atomic mass is 79.9. The molecule has 0 bridgehead atoms. The van der Waals surface area contributed by atoms with Gasteiger partial charge >= 0.3 is 0 Å². The Morgan fingerprint density at radius 2 is 2.06 bits per heavy atom. The van der Waals surface area contributed by atoms with Crippen LogP contribution in [0.1, 0.15) is 32.8 Å². The Labute approximate surface area is 107 Å². The van der Waals surface area contributed by atoms with Gasteiger partial charge in [0.15, 0.2) is 0 Å². The number of nitrogens with two attached hydrogens (primary N) is 1. The highest BCUT2D eigenvalue weighted by molar-refractivity contribution is 9.10. The molecule has 0 aliphatic heterocycles. The summed E-state index contributed by atoms with van der Waals surface area (Å²) < 4.78 is 1.11. The van der Waals surface area contributed by atoms with E-state index in [2.05, 4.69) is 47.7 Å². The van der Waals surface area contributed by atoms with E-state index in [0.717, 1.165) is 23.2 Å². The largest absolute Gasteiger partial charge is 0.399 e. The van der Waals surface area contributed by atoms with E-state index in [9.17, 15) is 0 Å². The molecule has 1 aromatic carbocycles. The number of anilines is 1. The standard InChI is InChI=1S/C13H21BrN2/c1-4-7-16(10(2)3)9-11-5-6-12(15)8-13(11)14/h5-6,8,10H,4,7,9,15H2,1-3H3. The third-order valence-corrected chi connectivity index (χ3v) is 3.43. The molecule has 0 heterocycles. The van der Waals surface area contributed by atoms with Gasteiger partial charge in [0.05, 0.1) is 0 Å². The van der Waals surface area contributed by atoms with Crippen LogP contribution in [-0.2, 0) is 6.54 Å². The lowest BCUT2D eigenvalue weighted by atomic mass is 10.1. The predicted molar refractivity (Wildman–Crippen MR) is 74.4 cm³/mol. The van der Waals surface area contributed by atoms with Gasteiger partial charge in [0.25, 0.3) is 0 Å². The fraction of sp³-hybridized carbons (Fsp3) is 0.538. The second-order valence-electron chi connectivity index (χ2n) is 4.42. The molecule has 1 aromatic rings. The lowest BCUT2D eigenvalue weighted by molar-refractivity contribution is 0.213. The van der Waals surface area contributed by atoms with Gasteiger partial charge in [-0.25, -0.2) is 0 Å². The molecule has 16 heavy (non-hydrogen) atoms. The fourth-order valence-electron chi connectivity index (χ4n) is 1.72. The topological polar surface area (TPSA) is 29.3 Å². The van der Waals surface area contributed by atoms with E-state index in [0.29, 0.717) is 6.04 Å². The summed E-state index contributed by atoms with van der Waals surface area (Å²) in [4.78, 5) is 2.47. The van der Waals surface area contributed by atoms with E-state index >= 15 is 0 Å². The molecular weight excluding hydrogens is 264 g/mol. The first kappa shape index (κ1) is 13.5. The van der Waals surface area contributed by atoms with E-state index in [1.165, 1.54) is 12.0 Å². The third kappa shape index (κ3) is 3.80. The summed E-state index contributed by atoms with van der Waals surface area (Å²) in [6, 6.07) is 6.61. The summed E-state index contributed by atoms with van der Waals surface area (Å²) in [6.07, 6.45) is 1.19. The summed E-state index contributed by atoms with van der Waals surface area (Å²) in [7, 11) is 0. The Morgan fingerprint density at radius 3 is 2.56 bits per heavy atom. The quantitative estimate of drug-likeness (QED) is 0.837. The Bertz CT molecular complexity index is 337. The molecular formula is C13H21BrN2. The molecule has 0 saturated heterocycles. The second kappa shape index (κ2) is 6.26. The minimum Gasteiger partial charge on any atom is -0.399 e. The van der Waals surface area contributed by atoms with E-state index < -0.39 is 0 Å². The van der Waals surface area contributed by atoms with Crippen molar-refractivity contribution < 1.29 is 0 Å². The van der Waals surface area contributed by atoms with Crippen molar-refractivity contribution in [2.24, 2.45) is 0 Å². The highest BCUT2D eigenvalue weighted by Crippen LogP contribution is 2.22. The number of rotatable bonds is 5. The average Bonchev–Trinajstić information content (AvgIpc) is 2.20. The minimum atomic E-state index is 0.574. The molecule has 0 amide bonds. The number of hydrogen-bond acceptors (Lipinski definition) is 2. The summed E-state index contributed by atoms with van der Waals surface area (Å²) >= 11 is 3.57. The number of benzene rings is 1. The smallest absolute Gasteiger partial charge is 0.0325 e. The van der Waals surface area contributed by atoms with Gasteiger partial charge in [-0.05, 0) is 44.5 Å². The highest BCUT2D eigenvalue weighted by Gasteiger charge is 2.10. The van der Waals surface area contributed by atoms with Crippen molar-refractivity contribution in [3.05, 3.63) is 28.2 Å². The van der Waals surface area contributed by atoms with Crippen LogP contribution in [0.15, 0.2) is 22.7 Å². The zero-order valence-corrected chi connectivity index (χ0v) is 11.9. The maximum atomic E-state index is 5.73. The van der Waals surface area contributed by atoms with Crippen LogP contribution in [0, 0.1) is 0 Å². The maximum Gasteiger partial charge on any atom is 0.0325 e. The molecule has 90 valence electrons.